The van der Waals surface area contributed by atoms with Gasteiger partial charge in [-0.15, -0.1) is 8.78 Å². The van der Waals surface area contributed by atoms with Crippen LogP contribution in [-0.2, 0) is 0 Å². The molecule has 0 atom stereocenters. The standard InChI is InChI=1S/C17H11ClF2N2O2/c1-9-2-5-12(18)16-11(9)4-7-15(22-16)21-10-3-6-13-14(8-10)24-17(19,20)23-13/h2-8H,1H3,(H,21,22). The molecule has 2 heterocycles. The number of hydrogen-bond acceptors (Lipinski definition) is 4. The van der Waals surface area contributed by atoms with Crippen LogP contribution >= 0.6 is 11.6 Å². The Morgan fingerprint density at radius 1 is 1.04 bits per heavy atom. The van der Waals surface area contributed by atoms with Crippen LogP contribution in [-0.4, -0.2) is 11.3 Å². The number of anilines is 2. The zero-order valence-corrected chi connectivity index (χ0v) is 13.2. The second kappa shape index (κ2) is 5.21. The van der Waals surface area contributed by atoms with Crippen molar-refractivity contribution in [1.29, 1.82) is 0 Å². The van der Waals surface area contributed by atoms with Gasteiger partial charge in [-0.2, -0.15) is 0 Å². The van der Waals surface area contributed by atoms with Crippen molar-refractivity contribution >= 4 is 34.0 Å². The van der Waals surface area contributed by atoms with E-state index in [4.69, 9.17) is 11.6 Å². The molecule has 0 fully saturated rings. The number of hydrogen-bond donors (Lipinski definition) is 1. The first-order valence-corrected chi connectivity index (χ1v) is 7.52. The molecule has 2 aromatic carbocycles. The van der Waals surface area contributed by atoms with E-state index in [0.717, 1.165) is 10.9 Å². The Kier molecular flexibility index (Phi) is 3.25. The topological polar surface area (TPSA) is 43.4 Å². The first-order chi connectivity index (χ1) is 11.4. The molecule has 4 rings (SSSR count). The highest BCUT2D eigenvalue weighted by Crippen LogP contribution is 2.42. The number of ether oxygens (including phenoxy) is 2. The summed E-state index contributed by atoms with van der Waals surface area (Å²) >= 11 is 6.20. The maximum Gasteiger partial charge on any atom is 0.586 e. The summed E-state index contributed by atoms with van der Waals surface area (Å²) in [5, 5.41) is 4.55. The van der Waals surface area contributed by atoms with Gasteiger partial charge in [-0.05, 0) is 42.8 Å². The van der Waals surface area contributed by atoms with E-state index in [0.29, 0.717) is 22.0 Å². The monoisotopic (exact) mass is 348 g/mol. The first kappa shape index (κ1) is 15.0. The van der Waals surface area contributed by atoms with Gasteiger partial charge in [0.15, 0.2) is 11.5 Å². The van der Waals surface area contributed by atoms with E-state index in [2.05, 4.69) is 19.8 Å². The number of alkyl halides is 2. The molecule has 0 unspecified atom stereocenters. The van der Waals surface area contributed by atoms with Crippen LogP contribution in [0.5, 0.6) is 11.5 Å². The Hall–Kier alpha value is -2.60. The third-order valence-electron chi connectivity index (χ3n) is 3.70. The van der Waals surface area contributed by atoms with Crippen LogP contribution in [0, 0.1) is 6.92 Å². The summed E-state index contributed by atoms with van der Waals surface area (Å²) in [4.78, 5) is 4.49. The summed E-state index contributed by atoms with van der Waals surface area (Å²) in [6, 6.07) is 11.9. The minimum atomic E-state index is -3.63. The molecular formula is C17H11ClF2N2O2. The van der Waals surface area contributed by atoms with Crippen LogP contribution in [0.1, 0.15) is 5.56 Å². The van der Waals surface area contributed by atoms with Crippen molar-refractivity contribution in [2.45, 2.75) is 13.2 Å². The number of halogens is 3. The molecule has 0 amide bonds. The zero-order valence-electron chi connectivity index (χ0n) is 12.4. The molecular weight excluding hydrogens is 338 g/mol. The lowest BCUT2D eigenvalue weighted by Gasteiger charge is -2.09. The van der Waals surface area contributed by atoms with Gasteiger partial charge in [-0.25, -0.2) is 4.98 Å². The number of pyridine rings is 1. The molecule has 0 spiro atoms. The third kappa shape index (κ3) is 2.59. The predicted octanol–water partition coefficient (Wildman–Crippen LogP) is 5.26. The zero-order chi connectivity index (χ0) is 16.9. The summed E-state index contributed by atoms with van der Waals surface area (Å²) in [6.45, 7) is 1.98. The van der Waals surface area contributed by atoms with Gasteiger partial charge in [0.25, 0.3) is 0 Å². The van der Waals surface area contributed by atoms with Gasteiger partial charge in [0.2, 0.25) is 0 Å². The Morgan fingerprint density at radius 3 is 2.67 bits per heavy atom. The summed E-state index contributed by atoms with van der Waals surface area (Å²) in [5.74, 6) is 0.510. The average Bonchev–Trinajstić information content (AvgIpc) is 2.84. The van der Waals surface area contributed by atoms with E-state index in [9.17, 15) is 8.78 Å². The summed E-state index contributed by atoms with van der Waals surface area (Å²) in [5.41, 5.74) is 2.29. The molecule has 1 aromatic heterocycles. The lowest BCUT2D eigenvalue weighted by molar-refractivity contribution is -0.286. The van der Waals surface area contributed by atoms with Crippen molar-refractivity contribution in [3.8, 4) is 11.5 Å². The molecule has 0 saturated carbocycles. The van der Waals surface area contributed by atoms with E-state index in [1.165, 1.54) is 12.1 Å². The minimum Gasteiger partial charge on any atom is -0.395 e. The van der Waals surface area contributed by atoms with Crippen molar-refractivity contribution < 1.29 is 18.3 Å². The van der Waals surface area contributed by atoms with E-state index in [1.54, 1.807) is 18.2 Å². The third-order valence-corrected chi connectivity index (χ3v) is 4.00. The van der Waals surface area contributed by atoms with Crippen LogP contribution in [0.2, 0.25) is 5.02 Å². The minimum absolute atomic E-state index is 0.00399. The Labute approximate surface area is 141 Å². The fourth-order valence-electron chi connectivity index (χ4n) is 2.57. The largest absolute Gasteiger partial charge is 0.586 e. The number of aromatic nitrogens is 1. The molecule has 24 heavy (non-hydrogen) atoms. The fraction of sp³-hybridized carbons (Fsp3) is 0.118. The quantitative estimate of drug-likeness (QED) is 0.686. The van der Waals surface area contributed by atoms with Crippen molar-refractivity contribution in [1.82, 2.24) is 4.98 Å². The maximum absolute atomic E-state index is 13.1. The van der Waals surface area contributed by atoms with Crippen molar-refractivity contribution in [2.75, 3.05) is 5.32 Å². The summed E-state index contributed by atoms with van der Waals surface area (Å²) in [7, 11) is 0. The van der Waals surface area contributed by atoms with Crippen LogP contribution in [0.15, 0.2) is 42.5 Å². The molecule has 0 radical (unpaired) electrons. The van der Waals surface area contributed by atoms with Crippen LogP contribution < -0.4 is 14.8 Å². The predicted molar refractivity (Wildman–Crippen MR) is 87.4 cm³/mol. The molecule has 1 aliphatic rings. The summed E-state index contributed by atoms with van der Waals surface area (Å²) < 4.78 is 34.9. The van der Waals surface area contributed by atoms with Gasteiger partial charge in [0.1, 0.15) is 5.82 Å². The van der Waals surface area contributed by atoms with Crippen molar-refractivity contribution in [2.24, 2.45) is 0 Å². The van der Waals surface area contributed by atoms with E-state index in [1.807, 2.05) is 19.1 Å². The van der Waals surface area contributed by atoms with Gasteiger partial charge in [-0.1, -0.05) is 17.7 Å². The van der Waals surface area contributed by atoms with Gasteiger partial charge < -0.3 is 14.8 Å². The molecule has 1 aliphatic heterocycles. The molecule has 1 N–H and O–H groups in total. The van der Waals surface area contributed by atoms with Crippen molar-refractivity contribution in [3.63, 3.8) is 0 Å². The molecule has 7 heteroatoms. The fourth-order valence-corrected chi connectivity index (χ4v) is 2.78. The van der Waals surface area contributed by atoms with Gasteiger partial charge >= 0.3 is 6.29 Å². The Morgan fingerprint density at radius 2 is 1.83 bits per heavy atom. The molecule has 4 nitrogen and oxygen atoms in total. The number of nitrogens with zero attached hydrogens (tertiary/aromatic N) is 1. The van der Waals surface area contributed by atoms with Gasteiger partial charge in [-0.3, -0.25) is 0 Å². The van der Waals surface area contributed by atoms with Crippen molar-refractivity contribution in [3.05, 3.63) is 53.1 Å². The Bertz CT molecular complexity index is 963. The Balaban J connectivity index is 1.67. The molecule has 0 aliphatic carbocycles. The molecule has 0 bridgehead atoms. The number of fused-ring (bicyclic) bond motifs is 2. The normalized spacial score (nSPS) is 14.8. The number of rotatable bonds is 2. The highest BCUT2D eigenvalue weighted by Gasteiger charge is 2.43. The number of aryl methyl sites for hydroxylation is 1. The average molecular weight is 349 g/mol. The highest BCUT2D eigenvalue weighted by molar-refractivity contribution is 6.35. The maximum atomic E-state index is 13.1. The van der Waals surface area contributed by atoms with E-state index < -0.39 is 6.29 Å². The van der Waals surface area contributed by atoms with E-state index >= 15 is 0 Å². The number of benzene rings is 2. The van der Waals surface area contributed by atoms with E-state index in [-0.39, 0.29) is 11.5 Å². The van der Waals surface area contributed by atoms with Gasteiger partial charge in [0.05, 0.1) is 10.5 Å². The molecule has 122 valence electrons. The summed E-state index contributed by atoms with van der Waals surface area (Å²) in [6.07, 6.45) is -3.63. The van der Waals surface area contributed by atoms with Crippen LogP contribution in [0.3, 0.4) is 0 Å². The smallest absolute Gasteiger partial charge is 0.395 e. The lowest BCUT2D eigenvalue weighted by atomic mass is 10.1. The van der Waals surface area contributed by atoms with Crippen LogP contribution in [0.4, 0.5) is 20.3 Å². The second-order valence-electron chi connectivity index (χ2n) is 5.41. The molecule has 3 aromatic rings. The number of nitrogens with one attached hydrogen (secondary N) is 1. The second-order valence-corrected chi connectivity index (χ2v) is 5.82. The van der Waals surface area contributed by atoms with Crippen LogP contribution in [0.25, 0.3) is 10.9 Å². The highest BCUT2D eigenvalue weighted by atomic mass is 35.5. The van der Waals surface area contributed by atoms with Gasteiger partial charge in [0, 0.05) is 17.1 Å². The lowest BCUT2D eigenvalue weighted by Crippen LogP contribution is -2.25. The SMILES string of the molecule is Cc1ccc(Cl)c2nc(Nc3ccc4c(c3)OC(F)(F)O4)ccc12. The first-order valence-electron chi connectivity index (χ1n) is 7.14. The molecule has 0 saturated heterocycles.